The molecule has 21 heavy (non-hydrogen) atoms. The second-order valence-electron chi connectivity index (χ2n) is 6.79. The van der Waals surface area contributed by atoms with Gasteiger partial charge >= 0.3 is 0 Å². The molecule has 0 radical (unpaired) electrons. The molecular formula is C18H29N3. The van der Waals surface area contributed by atoms with Gasteiger partial charge in [-0.15, -0.1) is 0 Å². The second-order valence-corrected chi connectivity index (χ2v) is 6.79. The third-order valence-corrected chi connectivity index (χ3v) is 5.21. The summed E-state index contributed by atoms with van der Waals surface area (Å²) in [5.74, 6) is 0. The summed E-state index contributed by atoms with van der Waals surface area (Å²) < 4.78 is 0. The molecule has 2 aliphatic heterocycles. The van der Waals surface area contributed by atoms with Gasteiger partial charge in [-0.2, -0.15) is 0 Å². The van der Waals surface area contributed by atoms with E-state index in [1.807, 2.05) is 0 Å². The van der Waals surface area contributed by atoms with Gasteiger partial charge in [0, 0.05) is 18.3 Å². The molecule has 2 fully saturated rings. The van der Waals surface area contributed by atoms with Crippen molar-refractivity contribution in [1.82, 2.24) is 9.80 Å². The highest BCUT2D eigenvalue weighted by Gasteiger charge is 2.25. The molecule has 3 heteroatoms. The highest BCUT2D eigenvalue weighted by atomic mass is 15.2. The maximum atomic E-state index is 6.02. The molecule has 2 aliphatic rings. The Bertz CT molecular complexity index is 458. The quantitative estimate of drug-likeness (QED) is 0.867. The maximum absolute atomic E-state index is 6.02. The average molecular weight is 287 g/mol. The molecule has 1 aromatic rings. The number of benzene rings is 1. The lowest BCUT2D eigenvalue weighted by Crippen LogP contribution is -2.46. The van der Waals surface area contributed by atoms with Gasteiger partial charge in [0.05, 0.1) is 0 Å². The molecule has 3 nitrogen and oxygen atoms in total. The Hall–Kier alpha value is -1.06. The first kappa shape index (κ1) is 14.9. The first-order chi connectivity index (χ1) is 10.2. The van der Waals surface area contributed by atoms with Crippen LogP contribution in [0.2, 0.25) is 0 Å². The molecule has 0 aromatic heterocycles. The van der Waals surface area contributed by atoms with Crippen LogP contribution < -0.4 is 5.73 Å². The molecule has 0 atom stereocenters. The Morgan fingerprint density at radius 1 is 1.05 bits per heavy atom. The fraction of sp³-hybridized carbons (Fsp3) is 0.667. The molecule has 2 saturated heterocycles. The SMILES string of the molecule is Cc1ccc(CN2CCC(N3CCCCC3)CC2)cc1N. The number of nitrogens with zero attached hydrogens (tertiary/aromatic N) is 2. The molecule has 116 valence electrons. The third-order valence-electron chi connectivity index (χ3n) is 5.21. The van der Waals surface area contributed by atoms with Crippen molar-refractivity contribution in [3.05, 3.63) is 29.3 Å². The van der Waals surface area contributed by atoms with Gasteiger partial charge in [-0.3, -0.25) is 4.90 Å². The largest absolute Gasteiger partial charge is 0.399 e. The molecule has 0 amide bonds. The van der Waals surface area contributed by atoms with Crippen molar-refractivity contribution in [3.63, 3.8) is 0 Å². The zero-order valence-electron chi connectivity index (χ0n) is 13.4. The smallest absolute Gasteiger partial charge is 0.0346 e. The number of rotatable bonds is 3. The van der Waals surface area contributed by atoms with Crippen LogP contribution >= 0.6 is 0 Å². The van der Waals surface area contributed by atoms with E-state index in [2.05, 4.69) is 34.9 Å². The third kappa shape index (κ3) is 3.78. The van der Waals surface area contributed by atoms with E-state index in [9.17, 15) is 0 Å². The molecule has 0 unspecified atom stereocenters. The van der Waals surface area contributed by atoms with Gasteiger partial charge in [-0.25, -0.2) is 0 Å². The Kier molecular flexibility index (Phi) is 4.81. The summed E-state index contributed by atoms with van der Waals surface area (Å²) in [6.45, 7) is 8.25. The normalized spacial score (nSPS) is 22.5. The molecular weight excluding hydrogens is 258 g/mol. The maximum Gasteiger partial charge on any atom is 0.0346 e. The van der Waals surface area contributed by atoms with Gasteiger partial charge in [0.1, 0.15) is 0 Å². The van der Waals surface area contributed by atoms with E-state index in [0.717, 1.165) is 18.3 Å². The lowest BCUT2D eigenvalue weighted by molar-refractivity contribution is 0.0896. The molecule has 2 N–H and O–H groups in total. The predicted molar refractivity (Wildman–Crippen MR) is 89.3 cm³/mol. The van der Waals surface area contributed by atoms with Crippen molar-refractivity contribution in [2.24, 2.45) is 0 Å². The van der Waals surface area contributed by atoms with Gasteiger partial charge in [0.25, 0.3) is 0 Å². The van der Waals surface area contributed by atoms with E-state index in [-0.39, 0.29) is 0 Å². The van der Waals surface area contributed by atoms with Crippen LogP contribution in [0.1, 0.15) is 43.2 Å². The van der Waals surface area contributed by atoms with E-state index in [0.29, 0.717) is 0 Å². The van der Waals surface area contributed by atoms with Gasteiger partial charge in [-0.1, -0.05) is 18.6 Å². The lowest BCUT2D eigenvalue weighted by atomic mass is 9.99. The van der Waals surface area contributed by atoms with E-state index >= 15 is 0 Å². The van der Waals surface area contributed by atoms with Crippen molar-refractivity contribution < 1.29 is 0 Å². The van der Waals surface area contributed by atoms with Crippen LogP contribution in [0, 0.1) is 6.92 Å². The molecule has 1 aromatic carbocycles. The van der Waals surface area contributed by atoms with Crippen LogP contribution in [-0.4, -0.2) is 42.0 Å². The topological polar surface area (TPSA) is 32.5 Å². The number of nitrogens with two attached hydrogens (primary N) is 1. The summed E-state index contributed by atoms with van der Waals surface area (Å²) in [5, 5.41) is 0. The van der Waals surface area contributed by atoms with E-state index in [4.69, 9.17) is 5.73 Å². The number of piperidine rings is 2. The molecule has 0 bridgehead atoms. The first-order valence-electron chi connectivity index (χ1n) is 8.54. The lowest BCUT2D eigenvalue weighted by Gasteiger charge is -2.40. The minimum absolute atomic E-state index is 0.838. The number of anilines is 1. The van der Waals surface area contributed by atoms with Crippen molar-refractivity contribution >= 4 is 5.69 Å². The minimum atomic E-state index is 0.838. The summed E-state index contributed by atoms with van der Waals surface area (Å²) in [4.78, 5) is 5.33. The van der Waals surface area contributed by atoms with Crippen LogP contribution in [0.15, 0.2) is 18.2 Å². The average Bonchev–Trinajstić information content (AvgIpc) is 2.53. The number of likely N-dealkylation sites (tertiary alicyclic amines) is 2. The fourth-order valence-electron chi connectivity index (χ4n) is 3.77. The van der Waals surface area contributed by atoms with Crippen LogP contribution in [0.5, 0.6) is 0 Å². The minimum Gasteiger partial charge on any atom is -0.399 e. The van der Waals surface area contributed by atoms with Crippen LogP contribution in [0.25, 0.3) is 0 Å². The van der Waals surface area contributed by atoms with Crippen LogP contribution in [-0.2, 0) is 6.54 Å². The zero-order valence-corrected chi connectivity index (χ0v) is 13.4. The zero-order chi connectivity index (χ0) is 14.7. The number of hydrogen-bond donors (Lipinski definition) is 1. The fourth-order valence-corrected chi connectivity index (χ4v) is 3.77. The summed E-state index contributed by atoms with van der Waals surface area (Å²) in [7, 11) is 0. The van der Waals surface area contributed by atoms with Crippen LogP contribution in [0.4, 0.5) is 5.69 Å². The van der Waals surface area contributed by atoms with E-state index < -0.39 is 0 Å². The molecule has 0 aliphatic carbocycles. The van der Waals surface area contributed by atoms with Gasteiger partial charge in [0.15, 0.2) is 0 Å². The summed E-state index contributed by atoms with van der Waals surface area (Å²) >= 11 is 0. The van der Waals surface area contributed by atoms with E-state index in [1.165, 1.54) is 69.4 Å². The van der Waals surface area contributed by atoms with Crippen molar-refractivity contribution in [2.45, 2.75) is 51.6 Å². The summed E-state index contributed by atoms with van der Waals surface area (Å²) in [6, 6.07) is 7.35. The van der Waals surface area contributed by atoms with Gasteiger partial charge in [-0.05, 0) is 76.0 Å². The van der Waals surface area contributed by atoms with Crippen molar-refractivity contribution in [2.75, 3.05) is 31.9 Å². The second kappa shape index (κ2) is 6.80. The van der Waals surface area contributed by atoms with Crippen LogP contribution in [0.3, 0.4) is 0 Å². The van der Waals surface area contributed by atoms with E-state index in [1.54, 1.807) is 0 Å². The summed E-state index contributed by atoms with van der Waals surface area (Å²) in [6.07, 6.45) is 6.92. The number of hydrogen-bond acceptors (Lipinski definition) is 3. The Labute approximate surface area is 129 Å². The highest BCUT2D eigenvalue weighted by molar-refractivity contribution is 5.48. The first-order valence-corrected chi connectivity index (χ1v) is 8.54. The monoisotopic (exact) mass is 287 g/mol. The molecule has 2 heterocycles. The van der Waals surface area contributed by atoms with Crippen molar-refractivity contribution in [1.29, 1.82) is 0 Å². The number of nitrogen functional groups attached to an aromatic ring is 1. The molecule has 0 saturated carbocycles. The Morgan fingerprint density at radius 3 is 2.43 bits per heavy atom. The van der Waals surface area contributed by atoms with Gasteiger partial charge < -0.3 is 10.6 Å². The van der Waals surface area contributed by atoms with Gasteiger partial charge in [0.2, 0.25) is 0 Å². The Balaban J connectivity index is 1.50. The summed E-state index contributed by atoms with van der Waals surface area (Å²) in [5.41, 5.74) is 9.49. The molecule has 3 rings (SSSR count). The number of aryl methyl sites for hydroxylation is 1. The van der Waals surface area contributed by atoms with Crippen molar-refractivity contribution in [3.8, 4) is 0 Å². The molecule has 0 spiro atoms. The Morgan fingerprint density at radius 2 is 1.76 bits per heavy atom. The predicted octanol–water partition coefficient (Wildman–Crippen LogP) is 3.03. The highest BCUT2D eigenvalue weighted by Crippen LogP contribution is 2.22. The standard InChI is InChI=1S/C18H29N3/c1-15-5-6-16(13-18(15)19)14-20-11-7-17(8-12-20)21-9-3-2-4-10-21/h5-6,13,17H,2-4,7-12,14,19H2,1H3.